The predicted octanol–water partition coefficient (Wildman–Crippen LogP) is 4.56. The van der Waals surface area contributed by atoms with Gasteiger partial charge in [-0.1, -0.05) is 18.2 Å². The molecule has 0 saturated carbocycles. The van der Waals surface area contributed by atoms with Crippen LogP contribution in [0, 0.1) is 26.6 Å². The maximum Gasteiger partial charge on any atom is 0.175 e. The van der Waals surface area contributed by atoms with Gasteiger partial charge in [-0.2, -0.15) is 0 Å². The van der Waals surface area contributed by atoms with Gasteiger partial charge < -0.3 is 10.6 Å². The van der Waals surface area contributed by atoms with Crippen molar-refractivity contribution in [2.45, 2.75) is 20.8 Å². The molecule has 0 aromatic heterocycles. The molecule has 2 aromatic rings. The van der Waals surface area contributed by atoms with Crippen molar-refractivity contribution in [3.63, 3.8) is 0 Å². The van der Waals surface area contributed by atoms with Crippen LogP contribution < -0.4 is 10.6 Å². The van der Waals surface area contributed by atoms with Gasteiger partial charge in [-0.05, 0) is 62.3 Å². The minimum atomic E-state index is -0.246. The van der Waals surface area contributed by atoms with Gasteiger partial charge in [-0.15, -0.1) is 0 Å². The van der Waals surface area contributed by atoms with E-state index >= 15 is 0 Å². The summed E-state index contributed by atoms with van der Waals surface area (Å²) in [5.41, 5.74) is 4.52. The van der Waals surface area contributed by atoms with Crippen molar-refractivity contribution in [3.05, 3.63) is 58.9 Å². The third kappa shape index (κ3) is 3.14. The normalized spacial score (nSPS) is 10.2. The summed E-state index contributed by atoms with van der Waals surface area (Å²) in [4.78, 5) is 0. The van der Waals surface area contributed by atoms with Crippen LogP contribution in [0.5, 0.6) is 0 Å². The van der Waals surface area contributed by atoms with Crippen molar-refractivity contribution in [2.24, 2.45) is 0 Å². The van der Waals surface area contributed by atoms with E-state index in [0.717, 1.165) is 11.3 Å². The number of benzene rings is 2. The number of anilines is 2. The maximum absolute atomic E-state index is 13.5. The van der Waals surface area contributed by atoms with Crippen LogP contribution >= 0.6 is 12.2 Å². The molecule has 2 nitrogen and oxygen atoms in total. The van der Waals surface area contributed by atoms with Gasteiger partial charge in [0.05, 0.1) is 0 Å². The van der Waals surface area contributed by atoms with Crippen LogP contribution in [0.15, 0.2) is 36.4 Å². The molecule has 0 aliphatic rings. The standard InChI is InChI=1S/C16H17FN2S/c1-10-6-4-8-14(11(10)2)18-16(20)19-15-9-5-7-13(17)12(15)3/h4-9H,1-3H3,(H2,18,19,20). The maximum atomic E-state index is 13.5. The van der Waals surface area contributed by atoms with Gasteiger partial charge in [0.2, 0.25) is 0 Å². The van der Waals surface area contributed by atoms with Crippen LogP contribution in [0.1, 0.15) is 16.7 Å². The molecule has 0 bridgehead atoms. The second kappa shape index (κ2) is 6.01. The Balaban J connectivity index is 2.13. The zero-order chi connectivity index (χ0) is 14.7. The van der Waals surface area contributed by atoms with Gasteiger partial charge in [-0.3, -0.25) is 0 Å². The summed E-state index contributed by atoms with van der Waals surface area (Å²) >= 11 is 5.28. The largest absolute Gasteiger partial charge is 0.332 e. The number of hydrogen-bond acceptors (Lipinski definition) is 1. The number of rotatable bonds is 2. The second-order valence-corrected chi connectivity index (χ2v) is 5.15. The van der Waals surface area contributed by atoms with Gasteiger partial charge in [-0.25, -0.2) is 4.39 Å². The molecule has 2 N–H and O–H groups in total. The lowest BCUT2D eigenvalue weighted by Crippen LogP contribution is -2.20. The van der Waals surface area contributed by atoms with Gasteiger partial charge in [0, 0.05) is 16.9 Å². The highest BCUT2D eigenvalue weighted by Crippen LogP contribution is 2.20. The molecule has 0 radical (unpaired) electrons. The van der Waals surface area contributed by atoms with Crippen LogP contribution in [0.3, 0.4) is 0 Å². The molecule has 2 aromatic carbocycles. The Hall–Kier alpha value is -1.94. The van der Waals surface area contributed by atoms with E-state index in [4.69, 9.17) is 12.2 Å². The van der Waals surface area contributed by atoms with Crippen molar-refractivity contribution in [1.29, 1.82) is 0 Å². The minimum Gasteiger partial charge on any atom is -0.332 e. The minimum absolute atomic E-state index is 0.246. The van der Waals surface area contributed by atoms with E-state index in [1.807, 2.05) is 32.0 Å². The topological polar surface area (TPSA) is 24.1 Å². The van der Waals surface area contributed by atoms with E-state index in [2.05, 4.69) is 10.6 Å². The molecule has 2 rings (SSSR count). The van der Waals surface area contributed by atoms with Gasteiger partial charge in [0.15, 0.2) is 5.11 Å². The van der Waals surface area contributed by atoms with E-state index in [-0.39, 0.29) is 5.82 Å². The first-order valence-corrected chi connectivity index (χ1v) is 6.79. The third-order valence-corrected chi connectivity index (χ3v) is 3.57. The van der Waals surface area contributed by atoms with Crippen LogP contribution in [0.4, 0.5) is 15.8 Å². The summed E-state index contributed by atoms with van der Waals surface area (Å²) in [6.45, 7) is 5.81. The first-order chi connectivity index (χ1) is 9.49. The van der Waals surface area contributed by atoms with E-state index in [0.29, 0.717) is 16.4 Å². The lowest BCUT2D eigenvalue weighted by Gasteiger charge is -2.15. The molecule has 0 amide bonds. The van der Waals surface area contributed by atoms with Gasteiger partial charge in [0.1, 0.15) is 5.82 Å². The van der Waals surface area contributed by atoms with Crippen molar-refractivity contribution >= 4 is 28.7 Å². The number of halogens is 1. The molecule has 0 spiro atoms. The molecule has 0 unspecified atom stereocenters. The second-order valence-electron chi connectivity index (χ2n) is 4.74. The average Bonchev–Trinajstić information content (AvgIpc) is 2.40. The monoisotopic (exact) mass is 288 g/mol. The summed E-state index contributed by atoms with van der Waals surface area (Å²) in [6, 6.07) is 10.9. The first kappa shape index (κ1) is 14.5. The van der Waals surface area contributed by atoms with Gasteiger partial charge >= 0.3 is 0 Å². The van der Waals surface area contributed by atoms with Crippen LogP contribution in [-0.4, -0.2) is 5.11 Å². The van der Waals surface area contributed by atoms with Crippen molar-refractivity contribution in [3.8, 4) is 0 Å². The van der Waals surface area contributed by atoms with Crippen molar-refractivity contribution in [1.82, 2.24) is 0 Å². The zero-order valence-electron chi connectivity index (χ0n) is 11.8. The summed E-state index contributed by atoms with van der Waals surface area (Å²) < 4.78 is 13.5. The summed E-state index contributed by atoms with van der Waals surface area (Å²) in [5.74, 6) is -0.246. The number of thiocarbonyl (C=S) groups is 1. The number of hydrogen-bond donors (Lipinski definition) is 2. The molecule has 20 heavy (non-hydrogen) atoms. The fourth-order valence-corrected chi connectivity index (χ4v) is 2.13. The molecule has 0 saturated heterocycles. The van der Waals surface area contributed by atoms with Crippen molar-refractivity contribution in [2.75, 3.05) is 10.6 Å². The molecule has 0 heterocycles. The van der Waals surface area contributed by atoms with E-state index in [1.165, 1.54) is 11.6 Å². The van der Waals surface area contributed by atoms with E-state index in [9.17, 15) is 4.39 Å². The molecule has 4 heteroatoms. The Labute approximate surface area is 124 Å². The Bertz CT molecular complexity index is 597. The Kier molecular flexibility index (Phi) is 4.35. The summed E-state index contributed by atoms with van der Waals surface area (Å²) in [7, 11) is 0. The van der Waals surface area contributed by atoms with Crippen LogP contribution in [0.25, 0.3) is 0 Å². The Morgan fingerprint density at radius 3 is 2.10 bits per heavy atom. The molecule has 0 fully saturated rings. The van der Waals surface area contributed by atoms with E-state index < -0.39 is 0 Å². The van der Waals surface area contributed by atoms with Gasteiger partial charge in [0.25, 0.3) is 0 Å². The zero-order valence-corrected chi connectivity index (χ0v) is 12.6. The van der Waals surface area contributed by atoms with Crippen LogP contribution in [-0.2, 0) is 0 Å². The molecule has 0 aliphatic heterocycles. The predicted molar refractivity (Wildman–Crippen MR) is 86.9 cm³/mol. The quantitative estimate of drug-likeness (QED) is 0.792. The molecule has 104 valence electrons. The Morgan fingerprint density at radius 2 is 1.45 bits per heavy atom. The molecular formula is C16H17FN2S. The first-order valence-electron chi connectivity index (χ1n) is 6.38. The Morgan fingerprint density at radius 1 is 0.900 bits per heavy atom. The SMILES string of the molecule is Cc1cccc(NC(=S)Nc2cccc(F)c2C)c1C. The lowest BCUT2D eigenvalue weighted by molar-refractivity contribution is 0.619. The molecular weight excluding hydrogens is 271 g/mol. The average molecular weight is 288 g/mol. The number of aryl methyl sites for hydroxylation is 1. The highest BCUT2D eigenvalue weighted by atomic mass is 32.1. The highest BCUT2D eigenvalue weighted by Gasteiger charge is 2.06. The highest BCUT2D eigenvalue weighted by molar-refractivity contribution is 7.80. The third-order valence-electron chi connectivity index (χ3n) is 3.37. The fraction of sp³-hybridized carbons (Fsp3) is 0.188. The summed E-state index contributed by atoms with van der Waals surface area (Å²) in [6.07, 6.45) is 0. The molecule has 0 aliphatic carbocycles. The molecule has 0 atom stereocenters. The number of nitrogens with one attached hydrogen (secondary N) is 2. The van der Waals surface area contributed by atoms with Crippen LogP contribution in [0.2, 0.25) is 0 Å². The fourth-order valence-electron chi connectivity index (χ4n) is 1.91. The van der Waals surface area contributed by atoms with Crippen molar-refractivity contribution < 1.29 is 4.39 Å². The lowest BCUT2D eigenvalue weighted by atomic mass is 10.1. The summed E-state index contributed by atoms with van der Waals surface area (Å²) in [5, 5.41) is 6.62. The van der Waals surface area contributed by atoms with E-state index in [1.54, 1.807) is 19.1 Å². The smallest absolute Gasteiger partial charge is 0.175 e.